The fourth-order valence-electron chi connectivity index (χ4n) is 2.83. The molecule has 1 atom stereocenters. The van der Waals surface area contributed by atoms with E-state index in [1.165, 1.54) is 11.1 Å². The summed E-state index contributed by atoms with van der Waals surface area (Å²) in [6.07, 6.45) is 2.35. The van der Waals surface area contributed by atoms with Crippen molar-refractivity contribution in [2.24, 2.45) is 0 Å². The molecule has 0 bridgehead atoms. The topological polar surface area (TPSA) is 69.6 Å². The van der Waals surface area contributed by atoms with E-state index in [-0.39, 0.29) is 30.8 Å². The molecule has 1 aliphatic heterocycles. The number of carbonyl (C=O) groups is 2. The average Bonchev–Trinajstić information content (AvgIpc) is 2.49. The quantitative estimate of drug-likeness (QED) is 0.783. The Morgan fingerprint density at radius 3 is 2.59 bits per heavy atom. The molecule has 2 rings (SSSR count). The van der Waals surface area contributed by atoms with E-state index in [9.17, 15) is 9.59 Å². The third-order valence-electron chi connectivity index (χ3n) is 3.98. The van der Waals surface area contributed by atoms with Crippen molar-refractivity contribution in [2.75, 3.05) is 13.6 Å². The number of amides is 1. The number of hydrogen-bond acceptors (Lipinski definition) is 3. The van der Waals surface area contributed by atoms with Crippen LogP contribution in [0.4, 0.5) is 0 Å². The number of nitrogens with one attached hydrogen (secondary N) is 1. The highest BCUT2D eigenvalue weighted by atomic mass is 35.5. The highest BCUT2D eigenvalue weighted by Crippen LogP contribution is 2.23. The van der Waals surface area contributed by atoms with E-state index in [4.69, 9.17) is 5.11 Å². The molecular formula is C16H23ClN2O3. The Bertz CT molecular complexity index is 522. The normalized spacial score (nSPS) is 17.2. The van der Waals surface area contributed by atoms with Gasteiger partial charge in [-0.15, -0.1) is 12.4 Å². The lowest BCUT2D eigenvalue weighted by Crippen LogP contribution is -2.49. The van der Waals surface area contributed by atoms with Crippen LogP contribution in [-0.2, 0) is 22.6 Å². The van der Waals surface area contributed by atoms with Crippen molar-refractivity contribution in [2.45, 2.75) is 38.3 Å². The van der Waals surface area contributed by atoms with Gasteiger partial charge >= 0.3 is 5.97 Å². The summed E-state index contributed by atoms with van der Waals surface area (Å²) >= 11 is 0. The van der Waals surface area contributed by atoms with Gasteiger partial charge in [0.25, 0.3) is 0 Å². The smallest absolute Gasteiger partial charge is 0.303 e. The summed E-state index contributed by atoms with van der Waals surface area (Å²) in [6, 6.07) is 8.03. The maximum atomic E-state index is 12.1. The predicted octanol–water partition coefficient (Wildman–Crippen LogP) is 1.84. The van der Waals surface area contributed by atoms with Gasteiger partial charge in [0.2, 0.25) is 5.91 Å². The first-order valence-electron chi connectivity index (χ1n) is 7.36. The zero-order valence-electron chi connectivity index (χ0n) is 12.7. The first-order chi connectivity index (χ1) is 10.1. The van der Waals surface area contributed by atoms with Crippen LogP contribution in [0.3, 0.4) is 0 Å². The minimum Gasteiger partial charge on any atom is -0.481 e. The lowest BCUT2D eigenvalue weighted by Gasteiger charge is -2.35. The van der Waals surface area contributed by atoms with Crippen LogP contribution in [0.15, 0.2) is 24.3 Å². The van der Waals surface area contributed by atoms with Gasteiger partial charge in [-0.1, -0.05) is 24.3 Å². The summed E-state index contributed by atoms with van der Waals surface area (Å²) in [5.41, 5.74) is 2.49. The third-order valence-corrected chi connectivity index (χ3v) is 3.98. The van der Waals surface area contributed by atoms with E-state index in [0.717, 1.165) is 25.9 Å². The van der Waals surface area contributed by atoms with Crippen molar-refractivity contribution in [3.8, 4) is 0 Å². The van der Waals surface area contributed by atoms with Gasteiger partial charge in [0.05, 0.1) is 6.04 Å². The molecular weight excluding hydrogens is 304 g/mol. The SMILES string of the molecule is CNC(=O)C1Cc2ccccc2CN1CCCCC(=O)O.Cl. The monoisotopic (exact) mass is 326 g/mol. The number of benzene rings is 1. The minimum atomic E-state index is -0.762. The van der Waals surface area contributed by atoms with Crippen molar-refractivity contribution in [1.29, 1.82) is 0 Å². The second-order valence-corrected chi connectivity index (χ2v) is 5.42. The van der Waals surface area contributed by atoms with Crippen LogP contribution in [0.25, 0.3) is 0 Å². The molecule has 1 aromatic carbocycles. The van der Waals surface area contributed by atoms with Gasteiger partial charge in [-0.25, -0.2) is 0 Å². The third kappa shape index (κ3) is 4.71. The Hall–Kier alpha value is -1.59. The number of aliphatic carboxylic acids is 1. The first-order valence-corrected chi connectivity index (χ1v) is 7.36. The molecule has 1 aliphatic rings. The van der Waals surface area contributed by atoms with Gasteiger partial charge in [-0.05, 0) is 36.9 Å². The maximum absolute atomic E-state index is 12.1. The van der Waals surface area contributed by atoms with Crippen LogP contribution >= 0.6 is 12.4 Å². The van der Waals surface area contributed by atoms with Crippen LogP contribution in [0, 0.1) is 0 Å². The number of likely N-dealkylation sites (N-methyl/N-ethyl adjacent to an activating group) is 1. The number of carboxylic acid groups (broad SMARTS) is 1. The molecule has 2 N–H and O–H groups in total. The van der Waals surface area contributed by atoms with Gasteiger partial charge in [0.1, 0.15) is 0 Å². The summed E-state index contributed by atoms with van der Waals surface area (Å²) in [6.45, 7) is 1.50. The van der Waals surface area contributed by atoms with Gasteiger partial charge in [0.15, 0.2) is 0 Å². The van der Waals surface area contributed by atoms with Crippen LogP contribution in [0.1, 0.15) is 30.4 Å². The highest BCUT2D eigenvalue weighted by Gasteiger charge is 2.30. The fraction of sp³-hybridized carbons (Fsp3) is 0.500. The molecule has 1 unspecified atom stereocenters. The van der Waals surface area contributed by atoms with Crippen molar-refractivity contribution in [3.05, 3.63) is 35.4 Å². The number of fused-ring (bicyclic) bond motifs is 1. The van der Waals surface area contributed by atoms with E-state index in [2.05, 4.69) is 22.3 Å². The molecule has 0 saturated heterocycles. The molecule has 6 heteroatoms. The van der Waals surface area contributed by atoms with E-state index >= 15 is 0 Å². The molecule has 0 saturated carbocycles. The number of rotatable bonds is 6. The van der Waals surface area contributed by atoms with Crippen molar-refractivity contribution in [1.82, 2.24) is 10.2 Å². The van der Waals surface area contributed by atoms with Gasteiger partial charge < -0.3 is 10.4 Å². The molecule has 122 valence electrons. The summed E-state index contributed by atoms with van der Waals surface area (Å²) < 4.78 is 0. The van der Waals surface area contributed by atoms with Crippen molar-refractivity contribution in [3.63, 3.8) is 0 Å². The minimum absolute atomic E-state index is 0. The summed E-state index contributed by atoms with van der Waals surface area (Å²) in [4.78, 5) is 24.8. The standard InChI is InChI=1S/C16H22N2O3.ClH/c1-17-16(21)14-10-12-6-2-3-7-13(12)11-18(14)9-5-4-8-15(19)20;/h2-3,6-7,14H,4-5,8-11H2,1H3,(H,17,21)(H,19,20);1H. The molecule has 22 heavy (non-hydrogen) atoms. The number of carboxylic acids is 1. The fourth-order valence-corrected chi connectivity index (χ4v) is 2.83. The molecule has 1 aromatic rings. The Labute approximate surface area is 137 Å². The number of unbranched alkanes of at least 4 members (excludes halogenated alkanes) is 1. The highest BCUT2D eigenvalue weighted by molar-refractivity contribution is 5.85. The number of hydrogen-bond donors (Lipinski definition) is 2. The lowest BCUT2D eigenvalue weighted by atomic mass is 9.93. The molecule has 0 spiro atoms. The van der Waals surface area contributed by atoms with Gasteiger partial charge in [-0.2, -0.15) is 0 Å². The van der Waals surface area contributed by atoms with Crippen LogP contribution < -0.4 is 5.32 Å². The number of halogens is 1. The van der Waals surface area contributed by atoms with E-state index in [0.29, 0.717) is 6.42 Å². The Morgan fingerprint density at radius 2 is 1.95 bits per heavy atom. The van der Waals surface area contributed by atoms with Crippen molar-refractivity contribution < 1.29 is 14.7 Å². The second-order valence-electron chi connectivity index (χ2n) is 5.42. The summed E-state index contributed by atoms with van der Waals surface area (Å²) in [5, 5.41) is 11.4. The molecule has 5 nitrogen and oxygen atoms in total. The summed E-state index contributed by atoms with van der Waals surface area (Å²) in [7, 11) is 1.66. The Morgan fingerprint density at radius 1 is 1.27 bits per heavy atom. The van der Waals surface area contributed by atoms with Crippen LogP contribution in [0.5, 0.6) is 0 Å². The van der Waals surface area contributed by atoms with E-state index < -0.39 is 5.97 Å². The zero-order chi connectivity index (χ0) is 15.2. The maximum Gasteiger partial charge on any atom is 0.303 e. The zero-order valence-corrected chi connectivity index (χ0v) is 13.6. The molecule has 0 fully saturated rings. The molecule has 0 aromatic heterocycles. The van der Waals surface area contributed by atoms with Crippen LogP contribution in [-0.4, -0.2) is 41.5 Å². The van der Waals surface area contributed by atoms with E-state index in [1.54, 1.807) is 7.05 Å². The first kappa shape index (κ1) is 18.5. The molecule has 1 heterocycles. The molecule has 1 amide bonds. The van der Waals surface area contributed by atoms with Gasteiger partial charge in [0, 0.05) is 20.0 Å². The number of carbonyl (C=O) groups excluding carboxylic acids is 1. The molecule has 0 aliphatic carbocycles. The summed E-state index contributed by atoms with van der Waals surface area (Å²) in [5.74, 6) is -0.732. The van der Waals surface area contributed by atoms with Gasteiger partial charge in [-0.3, -0.25) is 14.5 Å². The average molecular weight is 327 g/mol. The second kappa shape index (κ2) is 8.76. The van der Waals surface area contributed by atoms with Crippen LogP contribution in [0.2, 0.25) is 0 Å². The van der Waals surface area contributed by atoms with E-state index in [1.807, 2.05) is 12.1 Å². The Kier molecular flexibility index (Phi) is 7.35. The lowest BCUT2D eigenvalue weighted by molar-refractivity contribution is -0.137. The molecule has 0 radical (unpaired) electrons. The predicted molar refractivity (Wildman–Crippen MR) is 87.1 cm³/mol. The van der Waals surface area contributed by atoms with Crippen molar-refractivity contribution >= 4 is 24.3 Å². The Balaban J connectivity index is 0.00000242. The number of nitrogens with zero attached hydrogens (tertiary/aromatic N) is 1. The largest absolute Gasteiger partial charge is 0.481 e.